The fourth-order valence-electron chi connectivity index (χ4n) is 9.70. The number of esters is 1. The normalized spacial score (nSPS) is 37.0. The van der Waals surface area contributed by atoms with Gasteiger partial charge >= 0.3 is 5.97 Å². The fourth-order valence-corrected chi connectivity index (χ4v) is 9.70. The molecule has 3 heteroatoms. The molecule has 0 radical (unpaired) electrons. The van der Waals surface area contributed by atoms with Gasteiger partial charge in [-0.3, -0.25) is 0 Å². The van der Waals surface area contributed by atoms with Crippen LogP contribution in [-0.4, -0.2) is 19.2 Å². The summed E-state index contributed by atoms with van der Waals surface area (Å²) in [5, 5.41) is 0. The van der Waals surface area contributed by atoms with Gasteiger partial charge in [-0.25, -0.2) is 4.79 Å². The van der Waals surface area contributed by atoms with Crippen LogP contribution in [0.3, 0.4) is 0 Å². The number of allylic oxidation sites excluding steroid dienone is 1. The van der Waals surface area contributed by atoms with Crippen molar-refractivity contribution in [1.29, 1.82) is 0 Å². The van der Waals surface area contributed by atoms with Crippen molar-refractivity contribution in [3.05, 3.63) is 41.5 Å². The summed E-state index contributed by atoms with van der Waals surface area (Å²) >= 11 is 0. The van der Waals surface area contributed by atoms with Crippen LogP contribution in [0.2, 0.25) is 0 Å². The minimum Gasteiger partial charge on any atom is -0.497 e. The van der Waals surface area contributed by atoms with Crippen LogP contribution in [0, 0.1) is 46.3 Å². The summed E-state index contributed by atoms with van der Waals surface area (Å²) in [4.78, 5) is 12.8. The van der Waals surface area contributed by atoms with Gasteiger partial charge < -0.3 is 9.47 Å². The molecule has 1 aromatic carbocycles. The van der Waals surface area contributed by atoms with Crippen LogP contribution in [0.5, 0.6) is 5.75 Å². The highest BCUT2D eigenvalue weighted by atomic mass is 16.5. The summed E-state index contributed by atoms with van der Waals surface area (Å²) in [6.07, 6.45) is 16.8. The highest BCUT2D eigenvalue weighted by Crippen LogP contribution is 2.67. The summed E-state index contributed by atoms with van der Waals surface area (Å²) in [6, 6.07) is 7.26. The number of hydrogen-bond acceptors (Lipinski definition) is 3. The van der Waals surface area contributed by atoms with E-state index in [0.717, 1.165) is 60.5 Å². The summed E-state index contributed by atoms with van der Waals surface area (Å²) < 4.78 is 11.3. The quantitative estimate of drug-likeness (QED) is 0.253. The van der Waals surface area contributed by atoms with E-state index >= 15 is 0 Å². The van der Waals surface area contributed by atoms with E-state index in [2.05, 4.69) is 40.7 Å². The lowest BCUT2D eigenvalue weighted by Gasteiger charge is -2.58. The second-order valence-corrected chi connectivity index (χ2v) is 14.3. The number of benzene rings is 1. The van der Waals surface area contributed by atoms with Crippen molar-refractivity contribution in [2.75, 3.05) is 7.11 Å². The zero-order valence-electron chi connectivity index (χ0n) is 24.9. The Morgan fingerprint density at radius 1 is 0.974 bits per heavy atom. The van der Waals surface area contributed by atoms with Crippen LogP contribution in [0.15, 0.2) is 35.9 Å². The van der Waals surface area contributed by atoms with E-state index in [1.807, 2.05) is 12.1 Å². The lowest BCUT2D eigenvalue weighted by atomic mass is 9.47. The van der Waals surface area contributed by atoms with Gasteiger partial charge in [-0.1, -0.05) is 65.5 Å². The van der Waals surface area contributed by atoms with E-state index < -0.39 is 0 Å². The molecule has 4 aliphatic rings. The minimum absolute atomic E-state index is 0.00289. The molecule has 3 nitrogen and oxygen atoms in total. The minimum atomic E-state index is -0.205. The molecule has 3 saturated carbocycles. The Bertz CT molecular complexity index is 1010. The molecule has 0 N–H and O–H groups in total. The Labute approximate surface area is 232 Å². The topological polar surface area (TPSA) is 35.5 Å². The first-order valence-corrected chi connectivity index (χ1v) is 15.7. The zero-order chi connectivity index (χ0) is 27.1. The molecule has 1 aromatic rings. The number of ether oxygens (including phenoxy) is 2. The molecule has 0 heterocycles. The van der Waals surface area contributed by atoms with Gasteiger partial charge in [-0.05, 0) is 116 Å². The molecule has 0 bridgehead atoms. The fraction of sp³-hybridized carbons (Fsp3) is 0.743. The van der Waals surface area contributed by atoms with Crippen LogP contribution in [0.4, 0.5) is 0 Å². The third-order valence-corrected chi connectivity index (χ3v) is 11.9. The molecular formula is C35H52O3. The smallest absolute Gasteiger partial charge is 0.338 e. The van der Waals surface area contributed by atoms with E-state index in [4.69, 9.17) is 9.47 Å². The first-order valence-electron chi connectivity index (χ1n) is 15.7. The molecular weight excluding hydrogens is 468 g/mol. The monoisotopic (exact) mass is 520 g/mol. The van der Waals surface area contributed by atoms with Gasteiger partial charge in [0.05, 0.1) is 12.7 Å². The van der Waals surface area contributed by atoms with Gasteiger partial charge in [-0.15, -0.1) is 0 Å². The van der Waals surface area contributed by atoms with Crippen molar-refractivity contribution >= 4 is 5.97 Å². The average molecular weight is 521 g/mol. The summed E-state index contributed by atoms with van der Waals surface area (Å²) in [5.74, 6) is 5.68. The first kappa shape index (κ1) is 27.8. The average Bonchev–Trinajstić information content (AvgIpc) is 3.26. The number of carbonyl (C=O) groups is 1. The molecule has 5 rings (SSSR count). The van der Waals surface area contributed by atoms with Gasteiger partial charge in [0.1, 0.15) is 11.9 Å². The third-order valence-electron chi connectivity index (χ3n) is 11.9. The Kier molecular flexibility index (Phi) is 8.05. The van der Waals surface area contributed by atoms with Crippen molar-refractivity contribution < 1.29 is 14.3 Å². The predicted molar refractivity (Wildman–Crippen MR) is 155 cm³/mol. The summed E-state index contributed by atoms with van der Waals surface area (Å²) in [5.41, 5.74) is 3.01. The molecule has 0 amide bonds. The molecule has 3 fully saturated rings. The van der Waals surface area contributed by atoms with Gasteiger partial charge in [-0.2, -0.15) is 0 Å². The lowest BCUT2D eigenvalue weighted by molar-refractivity contribution is -0.0594. The van der Waals surface area contributed by atoms with Crippen LogP contribution in [0.25, 0.3) is 0 Å². The zero-order valence-corrected chi connectivity index (χ0v) is 24.9. The van der Waals surface area contributed by atoms with Gasteiger partial charge in [0.15, 0.2) is 0 Å². The first-order chi connectivity index (χ1) is 18.2. The highest BCUT2D eigenvalue weighted by Gasteiger charge is 2.59. The van der Waals surface area contributed by atoms with E-state index in [-0.39, 0.29) is 17.5 Å². The van der Waals surface area contributed by atoms with E-state index in [0.29, 0.717) is 11.0 Å². The number of carbonyl (C=O) groups excluding carboxylic acids is 1. The number of hydrogen-bond donors (Lipinski definition) is 0. The van der Waals surface area contributed by atoms with Crippen molar-refractivity contribution in [2.45, 2.75) is 111 Å². The van der Waals surface area contributed by atoms with Crippen LogP contribution in [-0.2, 0) is 4.74 Å². The van der Waals surface area contributed by atoms with Crippen molar-refractivity contribution in [3.8, 4) is 5.75 Å². The summed E-state index contributed by atoms with van der Waals surface area (Å²) in [7, 11) is 1.64. The lowest BCUT2D eigenvalue weighted by Crippen LogP contribution is -2.51. The SMILES string of the molecule is COc1ccc(C(=O)O[C@@H]2CC[C@@]3(C)C(=CC[C@H]4[C@@H]5CC[C@H]([C@@H](C)CCCC(C)C)[C@@]5(C)CC[C@@H]43)C2)cc1. The number of rotatable bonds is 8. The molecule has 0 saturated heterocycles. The number of fused-ring (bicyclic) bond motifs is 5. The second kappa shape index (κ2) is 11.0. The molecule has 0 aromatic heterocycles. The standard InChI is InChI=1S/C35H52O3/c1-23(2)8-7-9-24(3)30-16-17-31-29-15-12-26-22-28(38-33(36)25-10-13-27(37-6)14-11-25)18-20-34(26,4)32(29)19-21-35(30,31)5/h10-14,23-24,28-32H,7-9,15-22H2,1-6H3/t24-,28+,29-,30+,31-,32-,34-,35+/m0/s1. The molecule has 4 aliphatic carbocycles. The van der Waals surface area contributed by atoms with Gasteiger partial charge in [0, 0.05) is 6.42 Å². The maximum absolute atomic E-state index is 12.8. The van der Waals surface area contributed by atoms with Crippen LogP contribution < -0.4 is 4.74 Å². The second-order valence-electron chi connectivity index (χ2n) is 14.3. The Hall–Kier alpha value is -1.77. The molecule has 38 heavy (non-hydrogen) atoms. The molecule has 0 spiro atoms. The molecule has 210 valence electrons. The highest BCUT2D eigenvalue weighted by molar-refractivity contribution is 5.89. The van der Waals surface area contributed by atoms with Crippen LogP contribution in [0.1, 0.15) is 116 Å². The number of methoxy groups -OCH3 is 1. The van der Waals surface area contributed by atoms with Crippen molar-refractivity contribution in [1.82, 2.24) is 0 Å². The Balaban J connectivity index is 1.24. The van der Waals surface area contributed by atoms with Crippen molar-refractivity contribution in [2.24, 2.45) is 46.3 Å². The molecule has 8 atom stereocenters. The third kappa shape index (κ3) is 5.08. The van der Waals surface area contributed by atoms with Gasteiger partial charge in [0.25, 0.3) is 0 Å². The molecule has 0 unspecified atom stereocenters. The largest absolute Gasteiger partial charge is 0.497 e. The van der Waals surface area contributed by atoms with E-state index in [1.165, 1.54) is 51.4 Å². The van der Waals surface area contributed by atoms with E-state index in [1.54, 1.807) is 24.8 Å². The maximum Gasteiger partial charge on any atom is 0.338 e. The Morgan fingerprint density at radius 2 is 1.74 bits per heavy atom. The summed E-state index contributed by atoms with van der Waals surface area (Å²) in [6.45, 7) is 12.5. The van der Waals surface area contributed by atoms with Gasteiger partial charge in [0.2, 0.25) is 0 Å². The predicted octanol–water partition coefficient (Wildman–Crippen LogP) is 9.26. The molecule has 0 aliphatic heterocycles. The van der Waals surface area contributed by atoms with Crippen LogP contribution >= 0.6 is 0 Å². The van der Waals surface area contributed by atoms with E-state index in [9.17, 15) is 4.79 Å². The maximum atomic E-state index is 12.8. The Morgan fingerprint density at radius 3 is 2.45 bits per heavy atom. The van der Waals surface area contributed by atoms with Crippen molar-refractivity contribution in [3.63, 3.8) is 0 Å².